The third-order valence-corrected chi connectivity index (χ3v) is 4.80. The van der Waals surface area contributed by atoms with Crippen molar-refractivity contribution in [2.45, 2.75) is 38.3 Å². The summed E-state index contributed by atoms with van der Waals surface area (Å²) in [6.07, 6.45) is 9.73. The average Bonchev–Trinajstić information content (AvgIpc) is 3.13. The molecule has 0 bridgehead atoms. The van der Waals surface area contributed by atoms with Crippen LogP contribution in [0.4, 0.5) is 0 Å². The lowest BCUT2D eigenvalue weighted by Gasteiger charge is -2.36. The van der Waals surface area contributed by atoms with Gasteiger partial charge in [-0.3, -0.25) is 4.79 Å². The van der Waals surface area contributed by atoms with E-state index < -0.39 is 0 Å². The van der Waals surface area contributed by atoms with E-state index in [1.807, 2.05) is 17.4 Å². The van der Waals surface area contributed by atoms with E-state index >= 15 is 0 Å². The van der Waals surface area contributed by atoms with Gasteiger partial charge in [-0.25, -0.2) is 4.98 Å². The monoisotopic (exact) mass is 347 g/mol. The Bertz CT molecular complexity index is 688. The number of imidazole rings is 1. The van der Waals surface area contributed by atoms with E-state index in [1.54, 1.807) is 31.5 Å². The summed E-state index contributed by atoms with van der Waals surface area (Å²) in [7, 11) is 1.56. The number of carbonyl (C=O) groups is 1. The van der Waals surface area contributed by atoms with Crippen molar-refractivity contribution in [2.75, 3.05) is 13.7 Å². The van der Waals surface area contributed by atoms with Crippen molar-refractivity contribution in [3.05, 3.63) is 47.5 Å². The van der Waals surface area contributed by atoms with Crippen LogP contribution < -0.4 is 4.74 Å². The second-order valence-electron chi connectivity index (χ2n) is 6.08. The van der Waals surface area contributed by atoms with Gasteiger partial charge in [0, 0.05) is 36.5 Å². The number of methoxy groups -OCH3 is 1. The maximum Gasteiger partial charge on any atom is 0.257 e. The summed E-state index contributed by atoms with van der Waals surface area (Å²) in [5.74, 6) is 0.560. The molecular formula is C18H22ClN3O2. The zero-order valence-corrected chi connectivity index (χ0v) is 14.6. The number of benzene rings is 1. The van der Waals surface area contributed by atoms with Gasteiger partial charge in [-0.1, -0.05) is 11.6 Å². The molecule has 2 heterocycles. The van der Waals surface area contributed by atoms with E-state index in [0.717, 1.165) is 38.8 Å². The standard InChI is InChI=1S/C18H22ClN3O2/c1-24-17-12-14(19)5-6-16(17)18(23)22-9-3-2-4-15(22)7-10-21-11-8-20-13-21/h5-6,8,11-13,15H,2-4,7,9-10H2,1H3/t15-/m1/s1. The van der Waals surface area contributed by atoms with Crippen LogP contribution in [0.5, 0.6) is 5.75 Å². The van der Waals surface area contributed by atoms with Crippen molar-refractivity contribution >= 4 is 17.5 Å². The Morgan fingerprint density at radius 2 is 2.29 bits per heavy atom. The number of hydrogen-bond donors (Lipinski definition) is 0. The van der Waals surface area contributed by atoms with Gasteiger partial charge in [0.05, 0.1) is 19.0 Å². The Balaban J connectivity index is 1.75. The number of hydrogen-bond acceptors (Lipinski definition) is 3. The van der Waals surface area contributed by atoms with Crippen LogP contribution in [0.25, 0.3) is 0 Å². The van der Waals surface area contributed by atoms with Crippen molar-refractivity contribution in [3.63, 3.8) is 0 Å². The highest BCUT2D eigenvalue weighted by Gasteiger charge is 2.28. The van der Waals surface area contributed by atoms with Gasteiger partial charge < -0.3 is 14.2 Å². The Hall–Kier alpha value is -2.01. The number of piperidine rings is 1. The number of likely N-dealkylation sites (tertiary alicyclic amines) is 1. The van der Waals surface area contributed by atoms with Crippen LogP contribution in [0, 0.1) is 0 Å². The minimum Gasteiger partial charge on any atom is -0.496 e. The first kappa shape index (κ1) is 16.8. The molecule has 1 aromatic heterocycles. The summed E-state index contributed by atoms with van der Waals surface area (Å²) in [4.78, 5) is 19.1. The number of carbonyl (C=O) groups excluding carboxylic acids is 1. The van der Waals surface area contributed by atoms with Crippen molar-refractivity contribution in [2.24, 2.45) is 0 Å². The molecule has 1 aliphatic heterocycles. The Kier molecular flexibility index (Phi) is 5.41. The van der Waals surface area contributed by atoms with Crippen molar-refractivity contribution < 1.29 is 9.53 Å². The predicted octanol–water partition coefficient (Wildman–Crippen LogP) is 3.63. The van der Waals surface area contributed by atoms with Crippen LogP contribution in [0.15, 0.2) is 36.9 Å². The highest BCUT2D eigenvalue weighted by molar-refractivity contribution is 6.30. The molecule has 3 rings (SSSR count). The average molecular weight is 348 g/mol. The fourth-order valence-corrected chi connectivity index (χ4v) is 3.44. The lowest BCUT2D eigenvalue weighted by atomic mass is 9.98. The molecule has 2 aromatic rings. The summed E-state index contributed by atoms with van der Waals surface area (Å²) in [6, 6.07) is 5.43. The predicted molar refractivity (Wildman–Crippen MR) is 93.5 cm³/mol. The van der Waals surface area contributed by atoms with Gasteiger partial charge in [-0.15, -0.1) is 0 Å². The number of ether oxygens (including phenoxy) is 1. The van der Waals surface area contributed by atoms with Gasteiger partial charge in [-0.2, -0.15) is 0 Å². The van der Waals surface area contributed by atoms with E-state index in [2.05, 4.69) is 9.55 Å². The molecule has 6 heteroatoms. The molecular weight excluding hydrogens is 326 g/mol. The van der Waals surface area contributed by atoms with E-state index in [4.69, 9.17) is 16.3 Å². The van der Waals surface area contributed by atoms with E-state index in [9.17, 15) is 4.79 Å². The third-order valence-electron chi connectivity index (χ3n) is 4.56. The molecule has 1 aliphatic rings. The third kappa shape index (κ3) is 3.73. The van der Waals surface area contributed by atoms with Crippen LogP contribution >= 0.6 is 11.6 Å². The Morgan fingerprint density at radius 1 is 1.42 bits per heavy atom. The van der Waals surface area contributed by atoms with Gasteiger partial charge in [0.15, 0.2) is 0 Å². The summed E-state index contributed by atoms with van der Waals surface area (Å²) >= 11 is 6.01. The molecule has 0 N–H and O–H groups in total. The highest BCUT2D eigenvalue weighted by atomic mass is 35.5. The van der Waals surface area contributed by atoms with Crippen molar-refractivity contribution in [3.8, 4) is 5.75 Å². The second-order valence-corrected chi connectivity index (χ2v) is 6.52. The number of aromatic nitrogens is 2. The van der Waals surface area contributed by atoms with Gasteiger partial charge in [-0.05, 0) is 43.9 Å². The van der Waals surface area contributed by atoms with E-state index in [-0.39, 0.29) is 11.9 Å². The summed E-state index contributed by atoms with van der Waals surface area (Å²) in [5.41, 5.74) is 0.580. The molecule has 1 amide bonds. The fourth-order valence-electron chi connectivity index (χ4n) is 3.28. The number of aryl methyl sites for hydroxylation is 1. The molecule has 1 atom stereocenters. The van der Waals surface area contributed by atoms with Gasteiger partial charge in [0.2, 0.25) is 0 Å². The van der Waals surface area contributed by atoms with Crippen molar-refractivity contribution in [1.82, 2.24) is 14.5 Å². The number of rotatable bonds is 5. The Morgan fingerprint density at radius 3 is 3.04 bits per heavy atom. The van der Waals surface area contributed by atoms with Gasteiger partial charge in [0.1, 0.15) is 5.75 Å². The molecule has 0 saturated carbocycles. The lowest BCUT2D eigenvalue weighted by Crippen LogP contribution is -2.44. The molecule has 1 aromatic carbocycles. The second kappa shape index (κ2) is 7.71. The van der Waals surface area contributed by atoms with E-state index in [0.29, 0.717) is 16.3 Å². The first-order valence-electron chi connectivity index (χ1n) is 8.29. The molecule has 24 heavy (non-hydrogen) atoms. The lowest BCUT2D eigenvalue weighted by molar-refractivity contribution is 0.0592. The fraction of sp³-hybridized carbons (Fsp3) is 0.444. The molecule has 1 saturated heterocycles. The van der Waals surface area contributed by atoms with Crippen LogP contribution in [0.1, 0.15) is 36.0 Å². The molecule has 1 fully saturated rings. The highest BCUT2D eigenvalue weighted by Crippen LogP contribution is 2.28. The van der Waals surface area contributed by atoms with Crippen molar-refractivity contribution in [1.29, 1.82) is 0 Å². The van der Waals surface area contributed by atoms with Crippen LogP contribution in [0.2, 0.25) is 5.02 Å². The maximum atomic E-state index is 13.0. The first-order valence-corrected chi connectivity index (χ1v) is 8.67. The first-order chi connectivity index (χ1) is 11.7. The van der Waals surface area contributed by atoms with Crippen LogP contribution in [-0.2, 0) is 6.54 Å². The summed E-state index contributed by atoms with van der Waals surface area (Å²) < 4.78 is 7.40. The number of amides is 1. The quantitative estimate of drug-likeness (QED) is 0.829. The summed E-state index contributed by atoms with van der Waals surface area (Å²) in [6.45, 7) is 1.66. The molecule has 128 valence electrons. The number of nitrogens with zero attached hydrogens (tertiary/aromatic N) is 3. The van der Waals surface area contributed by atoms with Crippen LogP contribution in [-0.4, -0.2) is 40.1 Å². The smallest absolute Gasteiger partial charge is 0.257 e. The molecule has 0 spiro atoms. The normalized spacial score (nSPS) is 17.8. The zero-order chi connectivity index (χ0) is 16.9. The maximum absolute atomic E-state index is 13.0. The van der Waals surface area contributed by atoms with Gasteiger partial charge >= 0.3 is 0 Å². The minimum atomic E-state index is 0.0267. The largest absolute Gasteiger partial charge is 0.496 e. The van der Waals surface area contributed by atoms with Gasteiger partial charge in [0.25, 0.3) is 5.91 Å². The number of halogens is 1. The minimum absolute atomic E-state index is 0.0267. The molecule has 5 nitrogen and oxygen atoms in total. The Labute approximate surface area is 147 Å². The van der Waals surface area contributed by atoms with Crippen LogP contribution in [0.3, 0.4) is 0 Å². The van der Waals surface area contributed by atoms with E-state index in [1.165, 1.54) is 0 Å². The molecule has 0 radical (unpaired) electrons. The zero-order valence-electron chi connectivity index (χ0n) is 13.8. The topological polar surface area (TPSA) is 47.4 Å². The molecule has 0 aliphatic carbocycles. The SMILES string of the molecule is COc1cc(Cl)ccc1C(=O)N1CCCC[C@@H]1CCn1ccnc1. The molecule has 0 unspecified atom stereocenters. The summed E-state index contributed by atoms with van der Waals surface area (Å²) in [5, 5.41) is 0.568.